The number of urea groups is 1. The first-order valence-electron chi connectivity index (χ1n) is 9.84. The van der Waals surface area contributed by atoms with Crippen LogP contribution < -0.4 is 5.32 Å². The Balaban J connectivity index is 1.39. The van der Waals surface area contributed by atoms with Crippen molar-refractivity contribution in [1.29, 1.82) is 0 Å². The normalized spacial score (nSPS) is 16.9. The Kier molecular flexibility index (Phi) is 5.41. The van der Waals surface area contributed by atoms with Gasteiger partial charge in [0.2, 0.25) is 0 Å². The minimum Gasteiger partial charge on any atom is -0.337 e. The summed E-state index contributed by atoms with van der Waals surface area (Å²) >= 11 is 0. The van der Waals surface area contributed by atoms with Crippen molar-refractivity contribution in [2.24, 2.45) is 0 Å². The number of piperidine rings is 1. The summed E-state index contributed by atoms with van der Waals surface area (Å²) in [4.78, 5) is 23.2. The molecule has 2 aromatic heterocycles. The summed E-state index contributed by atoms with van der Waals surface area (Å²) in [5, 5.41) is 3.06. The quantitative estimate of drug-likeness (QED) is 0.733. The number of aryl methyl sites for hydroxylation is 2. The second-order valence-electron chi connectivity index (χ2n) is 7.25. The van der Waals surface area contributed by atoms with Crippen molar-refractivity contribution >= 4 is 11.7 Å². The minimum absolute atomic E-state index is 0.0121. The van der Waals surface area contributed by atoms with Crippen molar-refractivity contribution in [3.05, 3.63) is 61.2 Å². The summed E-state index contributed by atoms with van der Waals surface area (Å²) in [6.07, 6.45) is 13.6. The SMILES string of the molecule is Cc1nccn1-c1ccc(NC(=O)N2CCCC[C@H]2CCn2ccnc2)cc1. The van der Waals surface area contributed by atoms with Crippen LogP contribution in [0.25, 0.3) is 5.69 Å². The van der Waals surface area contributed by atoms with Crippen LogP contribution in [0.3, 0.4) is 0 Å². The van der Waals surface area contributed by atoms with Crippen molar-refractivity contribution in [2.75, 3.05) is 11.9 Å². The molecular weight excluding hydrogens is 352 g/mol. The van der Waals surface area contributed by atoms with Crippen LogP contribution in [0.15, 0.2) is 55.4 Å². The number of imidazole rings is 2. The maximum atomic E-state index is 12.9. The molecule has 1 saturated heterocycles. The molecule has 7 nitrogen and oxygen atoms in total. The van der Waals surface area contributed by atoms with Gasteiger partial charge in [-0.2, -0.15) is 0 Å². The Bertz CT molecular complexity index is 899. The number of rotatable bonds is 5. The number of amides is 2. The average Bonchev–Trinajstić information content (AvgIpc) is 3.39. The first-order valence-corrected chi connectivity index (χ1v) is 9.84. The lowest BCUT2D eigenvalue weighted by molar-refractivity contribution is 0.155. The number of benzene rings is 1. The second-order valence-corrected chi connectivity index (χ2v) is 7.25. The van der Waals surface area contributed by atoms with E-state index in [2.05, 4.69) is 19.9 Å². The molecule has 146 valence electrons. The molecule has 0 unspecified atom stereocenters. The van der Waals surface area contributed by atoms with E-state index in [1.807, 2.05) is 59.4 Å². The summed E-state index contributed by atoms with van der Waals surface area (Å²) < 4.78 is 4.09. The molecule has 0 aliphatic carbocycles. The lowest BCUT2D eigenvalue weighted by atomic mass is 10.00. The van der Waals surface area contributed by atoms with Crippen LogP contribution in [0.2, 0.25) is 0 Å². The fraction of sp³-hybridized carbons (Fsp3) is 0.381. The van der Waals surface area contributed by atoms with Crippen LogP contribution in [0.5, 0.6) is 0 Å². The van der Waals surface area contributed by atoms with E-state index in [1.165, 1.54) is 6.42 Å². The van der Waals surface area contributed by atoms with Crippen LogP contribution in [-0.4, -0.2) is 42.6 Å². The second kappa shape index (κ2) is 8.29. The molecule has 3 heterocycles. The molecule has 0 saturated carbocycles. The summed E-state index contributed by atoms with van der Waals surface area (Å²) in [6, 6.07) is 8.13. The van der Waals surface area contributed by atoms with Crippen molar-refractivity contribution < 1.29 is 4.79 Å². The third kappa shape index (κ3) is 4.08. The number of carbonyl (C=O) groups is 1. The lowest BCUT2D eigenvalue weighted by Crippen LogP contribution is -2.46. The maximum absolute atomic E-state index is 12.9. The Hall–Kier alpha value is -3.09. The third-order valence-electron chi connectivity index (χ3n) is 5.39. The highest BCUT2D eigenvalue weighted by Gasteiger charge is 2.26. The van der Waals surface area contributed by atoms with Gasteiger partial charge in [0.05, 0.1) is 6.33 Å². The average molecular weight is 378 g/mol. The first-order chi connectivity index (χ1) is 13.7. The van der Waals surface area contributed by atoms with E-state index < -0.39 is 0 Å². The molecule has 0 spiro atoms. The highest BCUT2D eigenvalue weighted by Crippen LogP contribution is 2.22. The molecule has 1 fully saturated rings. The van der Waals surface area contributed by atoms with Crippen molar-refractivity contribution in [2.45, 2.75) is 45.2 Å². The number of nitrogens with one attached hydrogen (secondary N) is 1. The molecule has 1 aliphatic rings. The summed E-state index contributed by atoms with van der Waals surface area (Å²) in [6.45, 7) is 3.66. The number of nitrogens with zero attached hydrogens (tertiary/aromatic N) is 5. The zero-order chi connectivity index (χ0) is 19.3. The number of likely N-dealkylation sites (tertiary alicyclic amines) is 1. The van der Waals surface area contributed by atoms with E-state index in [-0.39, 0.29) is 12.1 Å². The summed E-state index contributed by atoms with van der Waals surface area (Å²) in [5.41, 5.74) is 1.84. The number of hydrogen-bond acceptors (Lipinski definition) is 3. The highest BCUT2D eigenvalue weighted by molar-refractivity contribution is 5.89. The molecular formula is C21H26N6O. The molecule has 1 atom stereocenters. The van der Waals surface area contributed by atoms with Gasteiger partial charge in [0.1, 0.15) is 5.82 Å². The Morgan fingerprint density at radius 2 is 2.04 bits per heavy atom. The van der Waals surface area contributed by atoms with Crippen LogP contribution in [0, 0.1) is 6.92 Å². The van der Waals surface area contributed by atoms with Gasteiger partial charge >= 0.3 is 6.03 Å². The van der Waals surface area contributed by atoms with Gasteiger partial charge in [-0.3, -0.25) is 0 Å². The zero-order valence-corrected chi connectivity index (χ0v) is 16.2. The predicted octanol–water partition coefficient (Wildman–Crippen LogP) is 3.85. The van der Waals surface area contributed by atoms with Crippen LogP contribution in [0.4, 0.5) is 10.5 Å². The summed E-state index contributed by atoms with van der Waals surface area (Å²) in [7, 11) is 0. The van der Waals surface area contributed by atoms with Gasteiger partial charge in [0.15, 0.2) is 0 Å². The third-order valence-corrected chi connectivity index (χ3v) is 5.39. The van der Waals surface area contributed by atoms with Gasteiger partial charge in [-0.25, -0.2) is 14.8 Å². The molecule has 28 heavy (non-hydrogen) atoms. The van der Waals surface area contributed by atoms with Crippen LogP contribution >= 0.6 is 0 Å². The Labute approximate surface area is 165 Å². The molecule has 0 bridgehead atoms. The number of carbonyl (C=O) groups excluding carboxylic acids is 1. The number of anilines is 1. The molecule has 4 rings (SSSR count). The van der Waals surface area contributed by atoms with Gasteiger partial charge in [0, 0.05) is 55.3 Å². The largest absolute Gasteiger partial charge is 0.337 e. The topological polar surface area (TPSA) is 68.0 Å². The van der Waals surface area contributed by atoms with E-state index in [9.17, 15) is 4.79 Å². The van der Waals surface area contributed by atoms with Gasteiger partial charge in [-0.1, -0.05) is 0 Å². The smallest absolute Gasteiger partial charge is 0.322 e. The van der Waals surface area contributed by atoms with Gasteiger partial charge in [0.25, 0.3) is 0 Å². The van der Waals surface area contributed by atoms with Crippen molar-refractivity contribution in [1.82, 2.24) is 24.0 Å². The van der Waals surface area contributed by atoms with E-state index in [0.29, 0.717) is 0 Å². The lowest BCUT2D eigenvalue weighted by Gasteiger charge is -2.36. The summed E-state index contributed by atoms with van der Waals surface area (Å²) in [5.74, 6) is 0.936. The van der Waals surface area contributed by atoms with Gasteiger partial charge < -0.3 is 19.4 Å². The van der Waals surface area contributed by atoms with Gasteiger partial charge in [-0.15, -0.1) is 0 Å². The highest BCUT2D eigenvalue weighted by atomic mass is 16.2. The molecule has 1 N–H and O–H groups in total. The predicted molar refractivity (Wildman–Crippen MR) is 109 cm³/mol. The van der Waals surface area contributed by atoms with E-state index in [1.54, 1.807) is 12.4 Å². The van der Waals surface area contributed by atoms with Gasteiger partial charge in [-0.05, 0) is 56.9 Å². The molecule has 1 aliphatic heterocycles. The van der Waals surface area contributed by atoms with Crippen molar-refractivity contribution in [3.8, 4) is 5.69 Å². The Morgan fingerprint density at radius 3 is 2.75 bits per heavy atom. The van der Waals surface area contributed by atoms with E-state index >= 15 is 0 Å². The molecule has 1 aromatic carbocycles. The van der Waals surface area contributed by atoms with Crippen LogP contribution in [0.1, 0.15) is 31.5 Å². The first kappa shape index (κ1) is 18.3. The molecule has 2 amide bonds. The monoisotopic (exact) mass is 378 g/mol. The fourth-order valence-corrected chi connectivity index (χ4v) is 3.84. The van der Waals surface area contributed by atoms with E-state index in [0.717, 1.165) is 49.6 Å². The standard InChI is InChI=1S/C21H26N6O/c1-17-23-11-15-26(17)20-7-5-18(6-8-20)24-21(28)27-12-3-2-4-19(27)9-13-25-14-10-22-16-25/h5-8,10-11,14-16,19H,2-4,9,12-13H2,1H3,(H,24,28)/t19-/m0/s1. The molecule has 3 aromatic rings. The fourth-order valence-electron chi connectivity index (χ4n) is 3.84. The molecule has 7 heteroatoms. The molecule has 0 radical (unpaired) electrons. The Morgan fingerprint density at radius 1 is 1.18 bits per heavy atom. The number of hydrogen-bond donors (Lipinski definition) is 1. The van der Waals surface area contributed by atoms with Crippen LogP contribution in [-0.2, 0) is 6.54 Å². The number of aromatic nitrogens is 4. The maximum Gasteiger partial charge on any atom is 0.322 e. The zero-order valence-electron chi connectivity index (χ0n) is 16.2. The van der Waals surface area contributed by atoms with E-state index in [4.69, 9.17) is 0 Å². The minimum atomic E-state index is -0.0121. The van der Waals surface area contributed by atoms with Crippen molar-refractivity contribution in [3.63, 3.8) is 0 Å².